The summed E-state index contributed by atoms with van der Waals surface area (Å²) in [6.07, 6.45) is 5.55. The van der Waals surface area contributed by atoms with Crippen molar-refractivity contribution in [3.63, 3.8) is 0 Å². The minimum Gasteiger partial charge on any atom is -0.352 e. The lowest BCUT2D eigenvalue weighted by Gasteiger charge is -2.15. The number of para-hydroxylation sites is 1. The van der Waals surface area contributed by atoms with E-state index in [9.17, 15) is 14.4 Å². The average Bonchev–Trinajstić information content (AvgIpc) is 3.47. The van der Waals surface area contributed by atoms with Gasteiger partial charge in [-0.1, -0.05) is 12.1 Å². The Labute approximate surface area is 189 Å². The Morgan fingerprint density at radius 1 is 1.09 bits per heavy atom. The summed E-state index contributed by atoms with van der Waals surface area (Å²) >= 11 is 1.37. The number of thiazole rings is 1. The maximum Gasteiger partial charge on any atom is 0.275 e. The molecule has 0 aliphatic carbocycles. The molecule has 0 spiro atoms. The first-order chi connectivity index (χ1) is 15.6. The molecule has 32 heavy (non-hydrogen) atoms. The van der Waals surface area contributed by atoms with E-state index in [1.807, 2.05) is 17.0 Å². The predicted octanol–water partition coefficient (Wildman–Crippen LogP) is 3.20. The van der Waals surface area contributed by atoms with E-state index < -0.39 is 0 Å². The van der Waals surface area contributed by atoms with Crippen LogP contribution in [0.15, 0.2) is 54.2 Å². The van der Waals surface area contributed by atoms with E-state index in [-0.39, 0.29) is 23.4 Å². The average molecular weight is 450 g/mol. The molecule has 2 N–H and O–H groups in total. The summed E-state index contributed by atoms with van der Waals surface area (Å²) in [4.78, 5) is 47.3. The van der Waals surface area contributed by atoms with Crippen LogP contribution < -0.4 is 10.6 Å². The third-order valence-corrected chi connectivity index (χ3v) is 6.04. The number of rotatable bonds is 8. The molecule has 164 valence electrons. The molecule has 3 heterocycles. The molecule has 0 radical (unpaired) electrons. The zero-order chi connectivity index (χ0) is 22.3. The second kappa shape index (κ2) is 10.1. The van der Waals surface area contributed by atoms with Crippen LogP contribution in [0.2, 0.25) is 0 Å². The van der Waals surface area contributed by atoms with E-state index in [0.717, 1.165) is 23.5 Å². The van der Waals surface area contributed by atoms with E-state index in [4.69, 9.17) is 0 Å². The first kappa shape index (κ1) is 21.6. The van der Waals surface area contributed by atoms with Crippen LogP contribution in [-0.2, 0) is 4.79 Å². The lowest BCUT2D eigenvalue weighted by molar-refractivity contribution is -0.127. The van der Waals surface area contributed by atoms with Crippen molar-refractivity contribution in [3.05, 3.63) is 65.4 Å². The zero-order valence-electron chi connectivity index (χ0n) is 17.4. The highest BCUT2D eigenvalue weighted by atomic mass is 32.1. The van der Waals surface area contributed by atoms with Gasteiger partial charge in [-0.3, -0.25) is 19.4 Å². The summed E-state index contributed by atoms with van der Waals surface area (Å²) in [6.45, 7) is 1.88. The number of carbonyl (C=O) groups excluding carboxylic acids is 3. The molecule has 1 aliphatic rings. The summed E-state index contributed by atoms with van der Waals surface area (Å²) in [5, 5.41) is 8.07. The molecule has 3 aromatic rings. The van der Waals surface area contributed by atoms with Gasteiger partial charge < -0.3 is 15.5 Å². The number of nitrogens with zero attached hydrogens (tertiary/aromatic N) is 3. The third-order valence-electron chi connectivity index (χ3n) is 5.15. The summed E-state index contributed by atoms with van der Waals surface area (Å²) in [5.41, 5.74) is 1.97. The Morgan fingerprint density at radius 3 is 2.69 bits per heavy atom. The minimum atomic E-state index is -0.380. The first-order valence-corrected chi connectivity index (χ1v) is 11.3. The van der Waals surface area contributed by atoms with Crippen LogP contribution in [0.25, 0.3) is 10.6 Å². The fraction of sp³-hybridized carbons (Fsp3) is 0.261. The second-order valence-electron chi connectivity index (χ2n) is 7.37. The molecule has 1 aliphatic heterocycles. The topological polar surface area (TPSA) is 104 Å². The Hall–Kier alpha value is -3.59. The number of carbonyl (C=O) groups is 3. The Morgan fingerprint density at radius 2 is 1.91 bits per heavy atom. The number of anilines is 1. The van der Waals surface area contributed by atoms with Crippen molar-refractivity contribution in [2.24, 2.45) is 0 Å². The number of likely N-dealkylation sites (tertiary alicyclic amines) is 1. The van der Waals surface area contributed by atoms with Gasteiger partial charge >= 0.3 is 0 Å². The van der Waals surface area contributed by atoms with E-state index in [2.05, 4.69) is 20.6 Å². The van der Waals surface area contributed by atoms with Crippen LogP contribution in [0.3, 0.4) is 0 Å². The van der Waals surface area contributed by atoms with Gasteiger partial charge in [0.15, 0.2) is 0 Å². The van der Waals surface area contributed by atoms with Crippen LogP contribution in [-0.4, -0.2) is 52.2 Å². The van der Waals surface area contributed by atoms with Gasteiger partial charge in [-0.05, 0) is 37.1 Å². The number of nitrogens with one attached hydrogen (secondary N) is 2. The van der Waals surface area contributed by atoms with Crippen molar-refractivity contribution in [1.29, 1.82) is 0 Å². The number of amides is 3. The molecule has 2 aromatic heterocycles. The highest BCUT2D eigenvalue weighted by Crippen LogP contribution is 2.24. The molecule has 4 rings (SSSR count). The van der Waals surface area contributed by atoms with Crippen molar-refractivity contribution in [2.75, 3.05) is 25.0 Å². The van der Waals surface area contributed by atoms with Gasteiger partial charge in [0.25, 0.3) is 11.8 Å². The molecule has 3 amide bonds. The van der Waals surface area contributed by atoms with Gasteiger partial charge in [-0.15, -0.1) is 11.3 Å². The van der Waals surface area contributed by atoms with Crippen molar-refractivity contribution in [3.8, 4) is 10.6 Å². The SMILES string of the molecule is O=C(Nc1ccccc1C(=O)NCCCN1CCCC1=O)c1csc(-c2ccncc2)n1. The second-order valence-corrected chi connectivity index (χ2v) is 8.23. The van der Waals surface area contributed by atoms with Crippen molar-refractivity contribution in [1.82, 2.24) is 20.2 Å². The monoisotopic (exact) mass is 449 g/mol. The lowest BCUT2D eigenvalue weighted by Crippen LogP contribution is -2.31. The van der Waals surface area contributed by atoms with Gasteiger partial charge in [0.2, 0.25) is 5.91 Å². The fourth-order valence-corrected chi connectivity index (χ4v) is 4.30. The van der Waals surface area contributed by atoms with Gasteiger partial charge in [0.05, 0.1) is 11.3 Å². The number of aromatic nitrogens is 2. The standard InChI is InChI=1S/C23H23N5O3S/c29-20-7-3-13-28(20)14-4-10-25-21(30)17-5-1-2-6-18(17)26-22(31)19-15-32-23(27-19)16-8-11-24-12-9-16/h1-2,5-6,8-9,11-12,15H,3-4,7,10,13-14H2,(H,25,30)(H,26,31). The van der Waals surface area contributed by atoms with E-state index >= 15 is 0 Å². The molecule has 8 nitrogen and oxygen atoms in total. The zero-order valence-corrected chi connectivity index (χ0v) is 18.2. The minimum absolute atomic E-state index is 0.179. The summed E-state index contributed by atoms with van der Waals surface area (Å²) in [5.74, 6) is -0.475. The van der Waals surface area contributed by atoms with Crippen LogP contribution in [0.4, 0.5) is 5.69 Å². The van der Waals surface area contributed by atoms with Crippen LogP contribution in [0, 0.1) is 0 Å². The van der Waals surface area contributed by atoms with E-state index in [0.29, 0.717) is 37.2 Å². The van der Waals surface area contributed by atoms with Gasteiger partial charge in [0, 0.05) is 49.4 Å². The van der Waals surface area contributed by atoms with Crippen molar-refractivity contribution >= 4 is 34.7 Å². The normalized spacial score (nSPS) is 13.2. The van der Waals surface area contributed by atoms with Crippen molar-refractivity contribution in [2.45, 2.75) is 19.3 Å². The first-order valence-electron chi connectivity index (χ1n) is 10.4. The van der Waals surface area contributed by atoms with Crippen LogP contribution >= 0.6 is 11.3 Å². The molecule has 1 fully saturated rings. The lowest BCUT2D eigenvalue weighted by atomic mass is 10.1. The Bertz CT molecular complexity index is 1120. The molecular formula is C23H23N5O3S. The number of benzene rings is 1. The smallest absolute Gasteiger partial charge is 0.275 e. The molecule has 0 unspecified atom stereocenters. The van der Waals surface area contributed by atoms with Gasteiger partial charge in [0.1, 0.15) is 10.7 Å². The summed E-state index contributed by atoms with van der Waals surface area (Å²) in [6, 6.07) is 10.5. The Kier molecular flexibility index (Phi) is 6.86. The summed E-state index contributed by atoms with van der Waals surface area (Å²) < 4.78 is 0. The number of pyridine rings is 1. The molecule has 0 bridgehead atoms. The largest absolute Gasteiger partial charge is 0.352 e. The molecule has 0 saturated carbocycles. The number of hydrogen-bond acceptors (Lipinski definition) is 6. The van der Waals surface area contributed by atoms with Crippen LogP contribution in [0.5, 0.6) is 0 Å². The third kappa shape index (κ3) is 5.17. The van der Waals surface area contributed by atoms with E-state index in [1.165, 1.54) is 11.3 Å². The molecule has 9 heteroatoms. The highest BCUT2D eigenvalue weighted by Gasteiger charge is 2.20. The maximum atomic E-state index is 12.7. The number of hydrogen-bond donors (Lipinski definition) is 2. The van der Waals surface area contributed by atoms with E-state index in [1.54, 1.807) is 42.0 Å². The van der Waals surface area contributed by atoms with Gasteiger partial charge in [-0.2, -0.15) is 0 Å². The molecule has 0 atom stereocenters. The summed E-state index contributed by atoms with van der Waals surface area (Å²) in [7, 11) is 0. The maximum absolute atomic E-state index is 12.7. The van der Waals surface area contributed by atoms with Crippen LogP contribution in [0.1, 0.15) is 40.1 Å². The molecule has 1 saturated heterocycles. The van der Waals surface area contributed by atoms with Crippen molar-refractivity contribution < 1.29 is 14.4 Å². The molecule has 1 aromatic carbocycles. The van der Waals surface area contributed by atoms with Gasteiger partial charge in [-0.25, -0.2) is 4.98 Å². The quantitative estimate of drug-likeness (QED) is 0.514. The molecular weight excluding hydrogens is 426 g/mol. The fourth-order valence-electron chi connectivity index (χ4n) is 3.49. The highest BCUT2D eigenvalue weighted by molar-refractivity contribution is 7.13. The Balaban J connectivity index is 1.35. The predicted molar refractivity (Wildman–Crippen MR) is 123 cm³/mol.